The molecular formula is C14H17BrN2O. The van der Waals surface area contributed by atoms with Crippen LogP contribution in [0, 0.1) is 11.3 Å². The Balaban J connectivity index is 2.29. The van der Waals surface area contributed by atoms with Crippen LogP contribution in [0.3, 0.4) is 0 Å². The van der Waals surface area contributed by atoms with Gasteiger partial charge in [0, 0.05) is 24.7 Å². The number of methoxy groups -OCH3 is 1. The Hall–Kier alpha value is -1.05. The first-order chi connectivity index (χ1) is 8.58. The van der Waals surface area contributed by atoms with Crippen LogP contribution in [0.25, 0.3) is 0 Å². The summed E-state index contributed by atoms with van der Waals surface area (Å²) >= 11 is 3.40. The summed E-state index contributed by atoms with van der Waals surface area (Å²) in [5, 5.41) is 9.23. The van der Waals surface area contributed by atoms with Crippen LogP contribution in [0.1, 0.15) is 25.3 Å². The zero-order valence-corrected chi connectivity index (χ0v) is 12.3. The maximum absolute atomic E-state index is 9.23. The van der Waals surface area contributed by atoms with E-state index in [9.17, 15) is 5.26 Å². The van der Waals surface area contributed by atoms with Crippen LogP contribution < -0.4 is 4.90 Å². The van der Waals surface area contributed by atoms with Crippen LogP contribution in [0.4, 0.5) is 5.69 Å². The highest BCUT2D eigenvalue weighted by Gasteiger charge is 2.31. The summed E-state index contributed by atoms with van der Waals surface area (Å²) in [4.78, 5) is 2.25. The number of piperidine rings is 1. The number of nitriles is 1. The lowest BCUT2D eigenvalue weighted by Crippen LogP contribution is -2.47. The maximum Gasteiger partial charge on any atom is 0.101 e. The molecule has 4 heteroatoms. The summed E-state index contributed by atoms with van der Waals surface area (Å²) in [6.45, 7) is 3.94. The van der Waals surface area contributed by atoms with E-state index in [1.54, 1.807) is 7.11 Å². The molecule has 96 valence electrons. The van der Waals surface area contributed by atoms with E-state index in [1.807, 2.05) is 18.2 Å². The normalized spacial score (nSPS) is 23.8. The molecule has 1 fully saturated rings. The lowest BCUT2D eigenvalue weighted by atomic mass is 9.94. The fraction of sp³-hybridized carbons (Fsp3) is 0.500. The lowest BCUT2D eigenvalue weighted by molar-refractivity contribution is -0.00466. The van der Waals surface area contributed by atoms with E-state index in [0.29, 0.717) is 5.56 Å². The van der Waals surface area contributed by atoms with E-state index < -0.39 is 0 Å². The second-order valence-electron chi connectivity index (χ2n) is 4.95. The average molecular weight is 309 g/mol. The molecule has 1 heterocycles. The molecule has 0 bridgehead atoms. The first-order valence-corrected chi connectivity index (χ1v) is 6.87. The van der Waals surface area contributed by atoms with Crippen LogP contribution >= 0.6 is 15.9 Å². The van der Waals surface area contributed by atoms with Gasteiger partial charge in [-0.15, -0.1) is 0 Å². The third-order valence-electron chi connectivity index (χ3n) is 3.57. The molecule has 1 saturated heterocycles. The van der Waals surface area contributed by atoms with E-state index in [4.69, 9.17) is 4.74 Å². The van der Waals surface area contributed by atoms with Crippen molar-refractivity contribution in [2.45, 2.75) is 25.4 Å². The minimum Gasteiger partial charge on any atom is -0.377 e. The SMILES string of the molecule is COC1(C)CCCN(c2ccc(Br)cc2C#N)C1. The van der Waals surface area contributed by atoms with Crippen LogP contribution in [0.15, 0.2) is 22.7 Å². The van der Waals surface area contributed by atoms with Gasteiger partial charge in [-0.25, -0.2) is 0 Å². The summed E-state index contributed by atoms with van der Waals surface area (Å²) in [6, 6.07) is 8.12. The molecule has 1 aromatic rings. The minimum absolute atomic E-state index is 0.113. The Bertz CT molecular complexity index is 483. The summed E-state index contributed by atoms with van der Waals surface area (Å²) in [7, 11) is 1.76. The van der Waals surface area contributed by atoms with Gasteiger partial charge in [-0.1, -0.05) is 15.9 Å². The lowest BCUT2D eigenvalue weighted by Gasteiger charge is -2.41. The molecule has 0 spiro atoms. The molecule has 0 radical (unpaired) electrons. The number of hydrogen-bond acceptors (Lipinski definition) is 3. The standard InChI is InChI=1S/C14H17BrN2O/c1-14(18-2)6-3-7-17(10-14)13-5-4-12(15)8-11(13)9-16/h4-5,8H,3,6-7,10H2,1-2H3. The van der Waals surface area contributed by atoms with Gasteiger partial charge >= 0.3 is 0 Å². The highest BCUT2D eigenvalue weighted by atomic mass is 79.9. The van der Waals surface area contributed by atoms with Crippen LogP contribution in [-0.4, -0.2) is 25.8 Å². The number of rotatable bonds is 2. The van der Waals surface area contributed by atoms with E-state index in [0.717, 1.165) is 36.1 Å². The predicted octanol–water partition coefficient (Wildman–Crippen LogP) is 3.33. The second kappa shape index (κ2) is 5.29. The molecule has 2 rings (SSSR count). The Kier molecular flexibility index (Phi) is 3.94. The third kappa shape index (κ3) is 2.68. The number of ether oxygens (including phenoxy) is 1. The number of benzene rings is 1. The van der Waals surface area contributed by atoms with Crippen molar-refractivity contribution in [2.24, 2.45) is 0 Å². The molecule has 1 aliphatic heterocycles. The van der Waals surface area contributed by atoms with Crippen molar-refractivity contribution in [1.29, 1.82) is 5.26 Å². The van der Waals surface area contributed by atoms with E-state index >= 15 is 0 Å². The van der Waals surface area contributed by atoms with Gasteiger partial charge < -0.3 is 9.64 Å². The van der Waals surface area contributed by atoms with Gasteiger partial charge in [0.25, 0.3) is 0 Å². The van der Waals surface area contributed by atoms with Crippen molar-refractivity contribution in [3.63, 3.8) is 0 Å². The predicted molar refractivity (Wildman–Crippen MR) is 75.7 cm³/mol. The molecule has 3 nitrogen and oxygen atoms in total. The van der Waals surface area contributed by atoms with Gasteiger partial charge in [0.05, 0.1) is 16.9 Å². The number of nitrogens with zero attached hydrogens (tertiary/aromatic N) is 2. The number of anilines is 1. The third-order valence-corrected chi connectivity index (χ3v) is 4.06. The van der Waals surface area contributed by atoms with Gasteiger partial charge in [0.2, 0.25) is 0 Å². The summed E-state index contributed by atoms with van der Waals surface area (Å²) < 4.78 is 6.53. The Morgan fingerprint density at radius 1 is 1.50 bits per heavy atom. The smallest absolute Gasteiger partial charge is 0.101 e. The minimum atomic E-state index is -0.113. The second-order valence-corrected chi connectivity index (χ2v) is 5.87. The molecule has 1 aromatic carbocycles. The van der Waals surface area contributed by atoms with Crippen LogP contribution in [0.5, 0.6) is 0 Å². The highest BCUT2D eigenvalue weighted by molar-refractivity contribution is 9.10. The topological polar surface area (TPSA) is 36.3 Å². The van der Waals surface area contributed by atoms with Crippen molar-refractivity contribution in [1.82, 2.24) is 0 Å². The molecule has 0 N–H and O–H groups in total. The van der Waals surface area contributed by atoms with Gasteiger partial charge in [-0.2, -0.15) is 5.26 Å². The van der Waals surface area contributed by atoms with Crippen LogP contribution in [-0.2, 0) is 4.74 Å². The van der Waals surface area contributed by atoms with Crippen molar-refractivity contribution >= 4 is 21.6 Å². The van der Waals surface area contributed by atoms with Crippen molar-refractivity contribution in [2.75, 3.05) is 25.1 Å². The monoisotopic (exact) mass is 308 g/mol. The molecule has 0 aromatic heterocycles. The van der Waals surface area contributed by atoms with Gasteiger partial charge in [-0.3, -0.25) is 0 Å². The Labute approximate surface area is 116 Å². The Morgan fingerprint density at radius 2 is 2.28 bits per heavy atom. The first kappa shape index (κ1) is 13.4. The first-order valence-electron chi connectivity index (χ1n) is 6.08. The van der Waals surface area contributed by atoms with Crippen molar-refractivity contribution in [3.8, 4) is 6.07 Å². The molecule has 18 heavy (non-hydrogen) atoms. The van der Waals surface area contributed by atoms with Gasteiger partial charge in [0.15, 0.2) is 0 Å². The van der Waals surface area contributed by atoms with Gasteiger partial charge in [-0.05, 0) is 38.0 Å². The van der Waals surface area contributed by atoms with E-state index in [1.165, 1.54) is 0 Å². The molecule has 0 saturated carbocycles. The molecule has 0 amide bonds. The van der Waals surface area contributed by atoms with Gasteiger partial charge in [0.1, 0.15) is 6.07 Å². The molecule has 0 aliphatic carbocycles. The van der Waals surface area contributed by atoms with Crippen molar-refractivity contribution < 1.29 is 4.74 Å². The fourth-order valence-electron chi connectivity index (χ4n) is 2.45. The Morgan fingerprint density at radius 3 is 2.94 bits per heavy atom. The number of hydrogen-bond donors (Lipinski definition) is 0. The molecular weight excluding hydrogens is 292 g/mol. The number of halogens is 1. The fourth-order valence-corrected chi connectivity index (χ4v) is 2.81. The summed E-state index contributed by atoms with van der Waals surface area (Å²) in [5.41, 5.74) is 1.60. The highest BCUT2D eigenvalue weighted by Crippen LogP contribution is 2.31. The zero-order valence-electron chi connectivity index (χ0n) is 10.7. The quantitative estimate of drug-likeness (QED) is 0.841. The average Bonchev–Trinajstić information content (AvgIpc) is 2.38. The van der Waals surface area contributed by atoms with Crippen LogP contribution in [0.2, 0.25) is 0 Å². The van der Waals surface area contributed by atoms with E-state index in [-0.39, 0.29) is 5.60 Å². The molecule has 1 aliphatic rings. The van der Waals surface area contributed by atoms with E-state index in [2.05, 4.69) is 33.8 Å². The molecule has 1 atom stereocenters. The summed E-state index contributed by atoms with van der Waals surface area (Å²) in [6.07, 6.45) is 2.16. The maximum atomic E-state index is 9.23. The summed E-state index contributed by atoms with van der Waals surface area (Å²) in [5.74, 6) is 0. The van der Waals surface area contributed by atoms with Crippen molar-refractivity contribution in [3.05, 3.63) is 28.2 Å². The largest absolute Gasteiger partial charge is 0.377 e. The zero-order chi connectivity index (χ0) is 13.2. The molecule has 1 unspecified atom stereocenters.